The van der Waals surface area contributed by atoms with Crippen molar-refractivity contribution in [3.8, 4) is 11.5 Å². The first-order chi connectivity index (χ1) is 9.22. The molecule has 1 heterocycles. The Balaban J connectivity index is 1.95. The second-order valence-electron chi connectivity index (χ2n) is 4.71. The van der Waals surface area contributed by atoms with E-state index < -0.39 is 0 Å². The number of morpholine rings is 1. The lowest BCUT2D eigenvalue weighted by Crippen LogP contribution is -2.42. The van der Waals surface area contributed by atoms with Crippen molar-refractivity contribution in [2.75, 3.05) is 40.5 Å². The van der Waals surface area contributed by atoms with Gasteiger partial charge in [-0.15, -0.1) is 0 Å². The first kappa shape index (κ1) is 14.1. The molecule has 0 radical (unpaired) electrons. The molecule has 1 N–H and O–H groups in total. The van der Waals surface area contributed by atoms with Gasteiger partial charge >= 0.3 is 0 Å². The fraction of sp³-hybridized carbons (Fsp3) is 0.571. The van der Waals surface area contributed by atoms with Gasteiger partial charge in [-0.2, -0.15) is 0 Å². The zero-order valence-corrected chi connectivity index (χ0v) is 11.5. The highest BCUT2D eigenvalue weighted by Gasteiger charge is 2.18. The molecule has 1 aliphatic heterocycles. The van der Waals surface area contributed by atoms with E-state index in [1.54, 1.807) is 13.2 Å². The van der Waals surface area contributed by atoms with E-state index in [0.29, 0.717) is 18.1 Å². The highest BCUT2D eigenvalue weighted by atomic mass is 16.5. The summed E-state index contributed by atoms with van der Waals surface area (Å²) >= 11 is 0. The van der Waals surface area contributed by atoms with Crippen molar-refractivity contribution in [3.63, 3.8) is 0 Å². The van der Waals surface area contributed by atoms with Crippen molar-refractivity contribution in [3.05, 3.63) is 23.8 Å². The lowest BCUT2D eigenvalue weighted by Gasteiger charge is -2.30. The second-order valence-corrected chi connectivity index (χ2v) is 4.71. The van der Waals surface area contributed by atoms with Crippen LogP contribution < -0.4 is 9.47 Å². The van der Waals surface area contributed by atoms with Crippen molar-refractivity contribution in [1.82, 2.24) is 4.90 Å². The van der Waals surface area contributed by atoms with Crippen LogP contribution in [0.1, 0.15) is 5.56 Å². The third-order valence-electron chi connectivity index (χ3n) is 3.18. The maximum Gasteiger partial charge on any atom is 0.161 e. The van der Waals surface area contributed by atoms with E-state index in [2.05, 4.69) is 11.9 Å². The van der Waals surface area contributed by atoms with Crippen LogP contribution in [-0.4, -0.2) is 56.6 Å². The van der Waals surface area contributed by atoms with E-state index in [1.165, 1.54) is 0 Å². The zero-order chi connectivity index (χ0) is 13.7. The van der Waals surface area contributed by atoms with Gasteiger partial charge in [-0.05, 0) is 24.7 Å². The Morgan fingerprint density at radius 3 is 2.95 bits per heavy atom. The molecule has 1 aromatic carbocycles. The Labute approximate surface area is 113 Å². The number of methoxy groups -OCH3 is 1. The van der Waals surface area contributed by atoms with Gasteiger partial charge in [-0.1, -0.05) is 6.07 Å². The van der Waals surface area contributed by atoms with Crippen LogP contribution in [0.2, 0.25) is 0 Å². The Morgan fingerprint density at radius 1 is 1.42 bits per heavy atom. The quantitative estimate of drug-likeness (QED) is 0.859. The standard InChI is InChI=1S/C14H21NO4/c1-15-5-6-18-12(8-15)10-19-13-4-3-11(9-16)7-14(13)17-2/h3-4,7,12,16H,5-6,8-10H2,1-2H3. The van der Waals surface area contributed by atoms with Crippen LogP contribution >= 0.6 is 0 Å². The third-order valence-corrected chi connectivity index (χ3v) is 3.18. The molecule has 1 aliphatic rings. The molecule has 0 bridgehead atoms. The number of aliphatic hydroxyl groups excluding tert-OH is 1. The molecule has 5 heteroatoms. The van der Waals surface area contributed by atoms with Gasteiger partial charge < -0.3 is 24.2 Å². The molecule has 0 aromatic heterocycles. The molecular formula is C14H21NO4. The lowest BCUT2D eigenvalue weighted by molar-refractivity contribution is -0.0406. The summed E-state index contributed by atoms with van der Waals surface area (Å²) < 4.78 is 16.7. The maximum absolute atomic E-state index is 9.09. The molecular weight excluding hydrogens is 246 g/mol. The van der Waals surface area contributed by atoms with Crippen LogP contribution in [0.25, 0.3) is 0 Å². The van der Waals surface area contributed by atoms with E-state index in [9.17, 15) is 0 Å². The Morgan fingerprint density at radius 2 is 2.26 bits per heavy atom. The molecule has 1 aromatic rings. The van der Waals surface area contributed by atoms with E-state index in [-0.39, 0.29) is 12.7 Å². The number of rotatable bonds is 5. The largest absolute Gasteiger partial charge is 0.493 e. The van der Waals surface area contributed by atoms with Crippen molar-refractivity contribution in [2.45, 2.75) is 12.7 Å². The van der Waals surface area contributed by atoms with Crippen LogP contribution in [0.5, 0.6) is 11.5 Å². The third kappa shape index (κ3) is 3.83. The summed E-state index contributed by atoms with van der Waals surface area (Å²) in [5.74, 6) is 1.31. The molecule has 19 heavy (non-hydrogen) atoms. The predicted molar refractivity (Wildman–Crippen MR) is 71.6 cm³/mol. The number of hydrogen-bond acceptors (Lipinski definition) is 5. The minimum Gasteiger partial charge on any atom is -0.493 e. The fourth-order valence-corrected chi connectivity index (χ4v) is 2.08. The van der Waals surface area contributed by atoms with Crippen molar-refractivity contribution in [2.24, 2.45) is 0 Å². The monoisotopic (exact) mass is 267 g/mol. The van der Waals surface area contributed by atoms with Crippen LogP contribution in [0.3, 0.4) is 0 Å². The molecule has 0 saturated carbocycles. The highest BCUT2D eigenvalue weighted by molar-refractivity contribution is 5.42. The van der Waals surface area contributed by atoms with Gasteiger partial charge in [0, 0.05) is 13.1 Å². The SMILES string of the molecule is COc1cc(CO)ccc1OCC1CN(C)CCO1. The topological polar surface area (TPSA) is 51.2 Å². The Hall–Kier alpha value is -1.30. The fourth-order valence-electron chi connectivity index (χ4n) is 2.08. The molecule has 106 valence electrons. The average molecular weight is 267 g/mol. The Kier molecular flexibility index (Phi) is 5.01. The van der Waals surface area contributed by atoms with E-state index in [1.807, 2.05) is 12.1 Å². The number of hydrogen-bond donors (Lipinski definition) is 1. The maximum atomic E-state index is 9.09. The average Bonchev–Trinajstić information content (AvgIpc) is 2.45. The molecule has 0 aliphatic carbocycles. The minimum absolute atomic E-state index is 0.00677. The van der Waals surface area contributed by atoms with Crippen LogP contribution in [0.4, 0.5) is 0 Å². The highest BCUT2D eigenvalue weighted by Crippen LogP contribution is 2.28. The summed E-state index contributed by atoms with van der Waals surface area (Å²) in [7, 11) is 3.67. The van der Waals surface area contributed by atoms with Gasteiger partial charge in [0.2, 0.25) is 0 Å². The summed E-state index contributed by atoms with van der Waals surface area (Å²) in [6.07, 6.45) is 0.0842. The summed E-state index contributed by atoms with van der Waals surface area (Å²) in [5, 5.41) is 9.09. The molecule has 1 saturated heterocycles. The number of benzene rings is 1. The molecule has 1 atom stereocenters. The number of ether oxygens (including phenoxy) is 3. The first-order valence-corrected chi connectivity index (χ1v) is 6.43. The predicted octanol–water partition coefficient (Wildman–Crippen LogP) is 0.897. The molecule has 2 rings (SSSR count). The smallest absolute Gasteiger partial charge is 0.161 e. The van der Waals surface area contributed by atoms with Gasteiger partial charge in [0.15, 0.2) is 11.5 Å². The van der Waals surface area contributed by atoms with Gasteiger partial charge in [-0.3, -0.25) is 0 Å². The molecule has 1 fully saturated rings. The first-order valence-electron chi connectivity index (χ1n) is 6.43. The van der Waals surface area contributed by atoms with Gasteiger partial charge in [0.1, 0.15) is 12.7 Å². The van der Waals surface area contributed by atoms with Crippen LogP contribution in [0, 0.1) is 0 Å². The van der Waals surface area contributed by atoms with Crippen molar-refractivity contribution >= 4 is 0 Å². The second kappa shape index (κ2) is 6.75. The van der Waals surface area contributed by atoms with E-state index >= 15 is 0 Å². The molecule has 0 amide bonds. The minimum atomic E-state index is -0.00677. The van der Waals surface area contributed by atoms with Crippen LogP contribution in [0.15, 0.2) is 18.2 Å². The Bertz CT molecular complexity index is 410. The van der Waals surface area contributed by atoms with E-state index in [4.69, 9.17) is 19.3 Å². The number of nitrogens with zero attached hydrogens (tertiary/aromatic N) is 1. The molecule has 0 spiro atoms. The van der Waals surface area contributed by atoms with E-state index in [0.717, 1.165) is 25.3 Å². The summed E-state index contributed by atoms with van der Waals surface area (Å²) in [4.78, 5) is 2.23. The summed E-state index contributed by atoms with van der Waals surface area (Å²) in [6.45, 7) is 3.07. The van der Waals surface area contributed by atoms with Crippen molar-refractivity contribution in [1.29, 1.82) is 0 Å². The molecule has 1 unspecified atom stereocenters. The number of aliphatic hydroxyl groups is 1. The molecule has 5 nitrogen and oxygen atoms in total. The van der Waals surface area contributed by atoms with Gasteiger partial charge in [0.05, 0.1) is 20.3 Å². The summed E-state index contributed by atoms with van der Waals surface area (Å²) in [6, 6.07) is 5.42. The van der Waals surface area contributed by atoms with Crippen LogP contribution in [-0.2, 0) is 11.3 Å². The number of likely N-dealkylation sites (N-methyl/N-ethyl adjacent to an activating group) is 1. The van der Waals surface area contributed by atoms with Gasteiger partial charge in [0.25, 0.3) is 0 Å². The summed E-state index contributed by atoms with van der Waals surface area (Å²) in [5.41, 5.74) is 0.804. The zero-order valence-electron chi connectivity index (χ0n) is 11.5. The van der Waals surface area contributed by atoms with Crippen molar-refractivity contribution < 1.29 is 19.3 Å². The van der Waals surface area contributed by atoms with Gasteiger partial charge in [-0.25, -0.2) is 0 Å². The normalized spacial score (nSPS) is 20.3. The lowest BCUT2D eigenvalue weighted by atomic mass is 10.2.